The molecule has 1 fully saturated rings. The lowest BCUT2D eigenvalue weighted by Crippen LogP contribution is -2.37. The van der Waals surface area contributed by atoms with Crippen LogP contribution in [-0.4, -0.2) is 72.0 Å². The molecule has 0 aliphatic carbocycles. The minimum absolute atomic E-state index is 0.0820. The first-order valence-corrected chi connectivity index (χ1v) is 15.2. The van der Waals surface area contributed by atoms with Crippen molar-refractivity contribution in [1.29, 1.82) is 0 Å². The van der Waals surface area contributed by atoms with Gasteiger partial charge < -0.3 is 25.2 Å². The van der Waals surface area contributed by atoms with Crippen LogP contribution in [-0.2, 0) is 11.2 Å². The second-order valence-electron chi connectivity index (χ2n) is 10.0. The second kappa shape index (κ2) is 15.3. The van der Waals surface area contributed by atoms with Crippen molar-refractivity contribution in [3.8, 4) is 33.3 Å². The summed E-state index contributed by atoms with van der Waals surface area (Å²) in [5, 5.41) is 12.7. The highest BCUT2D eigenvalue weighted by Gasteiger charge is 2.17. The fourth-order valence-corrected chi connectivity index (χ4v) is 5.76. The Morgan fingerprint density at radius 3 is 2.26 bits per heavy atom. The van der Waals surface area contributed by atoms with E-state index in [1.54, 1.807) is 29.7 Å². The van der Waals surface area contributed by atoms with Gasteiger partial charge in [0.25, 0.3) is 0 Å². The normalized spacial score (nSPS) is 14.1. The summed E-state index contributed by atoms with van der Waals surface area (Å²) in [7, 11) is 0. The molecule has 42 heavy (non-hydrogen) atoms. The van der Waals surface area contributed by atoms with Crippen LogP contribution in [0.5, 0.6) is 11.5 Å². The molecule has 0 bridgehead atoms. The molecule has 0 spiro atoms. The molecule has 0 unspecified atom stereocenters. The van der Waals surface area contributed by atoms with Crippen LogP contribution >= 0.6 is 11.3 Å². The summed E-state index contributed by atoms with van der Waals surface area (Å²) in [6.07, 6.45) is 7.50. The van der Waals surface area contributed by atoms with E-state index in [2.05, 4.69) is 33.2 Å². The van der Waals surface area contributed by atoms with E-state index in [4.69, 9.17) is 30.1 Å². The molecule has 0 saturated carbocycles. The van der Waals surface area contributed by atoms with E-state index in [-0.39, 0.29) is 5.84 Å². The first-order chi connectivity index (χ1) is 20.7. The van der Waals surface area contributed by atoms with Crippen molar-refractivity contribution in [3.05, 3.63) is 83.5 Å². The third-order valence-corrected chi connectivity index (χ3v) is 8.24. The van der Waals surface area contributed by atoms with E-state index in [1.165, 1.54) is 4.88 Å². The summed E-state index contributed by atoms with van der Waals surface area (Å²) in [6, 6.07) is 19.5. The van der Waals surface area contributed by atoms with E-state index in [0.29, 0.717) is 18.8 Å². The van der Waals surface area contributed by atoms with Gasteiger partial charge in [0.1, 0.15) is 16.5 Å². The van der Waals surface area contributed by atoms with Gasteiger partial charge in [0.2, 0.25) is 0 Å². The topological polar surface area (TPSA) is 115 Å². The number of ether oxygens (including phenoxy) is 3. The second-order valence-corrected chi connectivity index (χ2v) is 11.1. The predicted octanol–water partition coefficient (Wildman–Crippen LogP) is 5.47. The summed E-state index contributed by atoms with van der Waals surface area (Å²) in [4.78, 5) is 13.1. The van der Waals surface area contributed by atoms with Gasteiger partial charge >= 0.3 is 0 Å². The molecule has 4 aromatic rings. The molecule has 1 aliphatic rings. The Morgan fingerprint density at radius 1 is 0.929 bits per heavy atom. The molecule has 1 aliphatic heterocycles. The Bertz CT molecular complexity index is 1410. The molecule has 2 aromatic carbocycles. The van der Waals surface area contributed by atoms with Crippen molar-refractivity contribution in [2.45, 2.75) is 25.7 Å². The first kappa shape index (κ1) is 29.5. The highest BCUT2D eigenvalue weighted by molar-refractivity contribution is 7.15. The van der Waals surface area contributed by atoms with E-state index in [0.717, 1.165) is 91.9 Å². The van der Waals surface area contributed by atoms with Crippen molar-refractivity contribution < 1.29 is 19.4 Å². The maximum absolute atomic E-state index is 8.75. The number of morpholine rings is 1. The minimum atomic E-state index is 0.0820. The number of rotatable bonds is 14. The number of unbranched alkanes of at least 4 members (excludes halogenated alkanes) is 2. The standard InChI is InChI=1S/C32H37N5O4S/c33-31(36-38)25-8-12-28(13-9-25)41-20-3-1-2-19-40-27-10-6-24(7-11-27)30-29(14-16-37-17-21-39-22-18-37)42-32(35-30)26-5-4-15-34-23-26/h4-13,15,23,38H,1-3,14,16-22H2,(H2,33,36). The molecular weight excluding hydrogens is 550 g/mol. The summed E-state index contributed by atoms with van der Waals surface area (Å²) >= 11 is 1.76. The molecule has 5 rings (SSSR count). The maximum Gasteiger partial charge on any atom is 0.170 e. The number of aromatic nitrogens is 2. The highest BCUT2D eigenvalue weighted by Crippen LogP contribution is 2.35. The molecule has 220 valence electrons. The summed E-state index contributed by atoms with van der Waals surface area (Å²) in [5.74, 6) is 1.70. The van der Waals surface area contributed by atoms with E-state index >= 15 is 0 Å². The lowest BCUT2D eigenvalue weighted by molar-refractivity contribution is 0.0385. The number of benzene rings is 2. The van der Waals surface area contributed by atoms with Gasteiger partial charge in [0.05, 0.1) is 32.1 Å². The largest absolute Gasteiger partial charge is 0.494 e. The number of pyridine rings is 1. The smallest absolute Gasteiger partial charge is 0.170 e. The maximum atomic E-state index is 8.75. The third-order valence-electron chi connectivity index (χ3n) is 7.08. The highest BCUT2D eigenvalue weighted by atomic mass is 32.1. The van der Waals surface area contributed by atoms with Crippen LogP contribution < -0.4 is 15.2 Å². The van der Waals surface area contributed by atoms with Crippen LogP contribution in [0.15, 0.2) is 78.2 Å². The van der Waals surface area contributed by atoms with Crippen LogP contribution in [0.1, 0.15) is 29.7 Å². The number of amidine groups is 1. The zero-order chi connectivity index (χ0) is 29.0. The van der Waals surface area contributed by atoms with Gasteiger partial charge in [0.15, 0.2) is 5.84 Å². The number of oxime groups is 1. The fraction of sp³-hybridized carbons (Fsp3) is 0.344. The van der Waals surface area contributed by atoms with Gasteiger partial charge in [0, 0.05) is 53.6 Å². The monoisotopic (exact) mass is 587 g/mol. The molecule has 2 aromatic heterocycles. The first-order valence-electron chi connectivity index (χ1n) is 14.3. The molecule has 3 N–H and O–H groups in total. The van der Waals surface area contributed by atoms with Gasteiger partial charge in [-0.3, -0.25) is 9.88 Å². The quantitative estimate of drug-likeness (QED) is 0.0656. The molecule has 1 saturated heterocycles. The van der Waals surface area contributed by atoms with Crippen LogP contribution in [0.2, 0.25) is 0 Å². The summed E-state index contributed by atoms with van der Waals surface area (Å²) in [6.45, 7) is 5.85. The van der Waals surface area contributed by atoms with Crippen LogP contribution in [0.4, 0.5) is 0 Å². The van der Waals surface area contributed by atoms with Crippen LogP contribution in [0, 0.1) is 0 Å². The Morgan fingerprint density at radius 2 is 1.62 bits per heavy atom. The van der Waals surface area contributed by atoms with Gasteiger partial charge in [-0.2, -0.15) is 0 Å². The molecule has 0 amide bonds. The van der Waals surface area contributed by atoms with Crippen LogP contribution in [0.25, 0.3) is 21.8 Å². The molecular formula is C32H37N5O4S. The average molecular weight is 588 g/mol. The SMILES string of the molecule is NC(=NO)c1ccc(OCCCCCOc2ccc(-c3nc(-c4cccnc4)sc3CCN3CCOCC3)cc2)cc1. The van der Waals surface area contributed by atoms with Gasteiger partial charge in [-0.15, -0.1) is 11.3 Å². The summed E-state index contributed by atoms with van der Waals surface area (Å²) in [5.41, 5.74) is 9.43. The minimum Gasteiger partial charge on any atom is -0.494 e. The molecule has 10 heteroatoms. The number of nitrogens with two attached hydrogens (primary N) is 1. The van der Waals surface area contributed by atoms with Crippen molar-refractivity contribution >= 4 is 17.2 Å². The van der Waals surface area contributed by atoms with Crippen molar-refractivity contribution in [2.75, 3.05) is 46.1 Å². The lowest BCUT2D eigenvalue weighted by Gasteiger charge is -2.26. The Labute approximate surface area is 250 Å². The van der Waals surface area contributed by atoms with Crippen molar-refractivity contribution in [2.24, 2.45) is 10.9 Å². The van der Waals surface area contributed by atoms with Gasteiger partial charge in [-0.25, -0.2) is 4.98 Å². The van der Waals surface area contributed by atoms with E-state index in [1.807, 2.05) is 36.5 Å². The fourth-order valence-electron chi connectivity index (χ4n) is 4.69. The number of hydrogen-bond donors (Lipinski definition) is 2. The van der Waals surface area contributed by atoms with E-state index < -0.39 is 0 Å². The average Bonchev–Trinajstić information content (AvgIpc) is 3.49. The zero-order valence-electron chi connectivity index (χ0n) is 23.7. The summed E-state index contributed by atoms with van der Waals surface area (Å²) < 4.78 is 17.3. The Kier molecular flexibility index (Phi) is 10.7. The number of thiazole rings is 1. The van der Waals surface area contributed by atoms with Gasteiger partial charge in [-0.1, -0.05) is 5.16 Å². The van der Waals surface area contributed by atoms with Crippen LogP contribution in [0.3, 0.4) is 0 Å². The van der Waals surface area contributed by atoms with Gasteiger partial charge in [-0.05, 0) is 86.3 Å². The van der Waals surface area contributed by atoms with Crippen molar-refractivity contribution in [3.63, 3.8) is 0 Å². The predicted molar refractivity (Wildman–Crippen MR) is 166 cm³/mol. The number of nitrogens with zero attached hydrogens (tertiary/aromatic N) is 4. The Hall–Kier alpha value is -3.99. The third kappa shape index (κ3) is 8.28. The zero-order valence-corrected chi connectivity index (χ0v) is 24.5. The molecule has 0 radical (unpaired) electrons. The van der Waals surface area contributed by atoms with Crippen molar-refractivity contribution in [1.82, 2.24) is 14.9 Å². The number of hydrogen-bond acceptors (Lipinski definition) is 9. The lowest BCUT2D eigenvalue weighted by atomic mass is 10.1. The molecule has 9 nitrogen and oxygen atoms in total. The Balaban J connectivity index is 1.10. The molecule has 0 atom stereocenters. The molecule has 3 heterocycles. The van der Waals surface area contributed by atoms with E-state index in [9.17, 15) is 0 Å².